The fourth-order valence-electron chi connectivity index (χ4n) is 5.91. The number of thiazole rings is 1. The van der Waals surface area contributed by atoms with E-state index in [-0.39, 0.29) is 28.0 Å². The molecule has 0 unspecified atom stereocenters. The van der Waals surface area contributed by atoms with Crippen molar-refractivity contribution in [1.82, 2.24) is 19.4 Å². The molecule has 0 aromatic carbocycles. The van der Waals surface area contributed by atoms with Crippen LogP contribution in [0.5, 0.6) is 0 Å². The lowest BCUT2D eigenvalue weighted by Crippen LogP contribution is -2.97. The number of Topliss-reactive ketones (excluding diaryl/α,β-unsaturated/α-hetero) is 3. The minimum absolute atomic E-state index is 0.113. The number of ketones is 4. The third kappa shape index (κ3) is 4.01. The summed E-state index contributed by atoms with van der Waals surface area (Å²) in [7, 11) is -2.52. The van der Waals surface area contributed by atoms with Crippen molar-refractivity contribution in [3.63, 3.8) is 0 Å². The minimum atomic E-state index is -2.52. The molecule has 3 aromatic rings. The molecule has 1 saturated carbocycles. The lowest BCUT2D eigenvalue weighted by atomic mass is 9.40. The highest BCUT2D eigenvalue weighted by molar-refractivity contribution is 7.19. The smallest absolute Gasteiger partial charge is 0.267 e. The molecule has 4 atom stereocenters. The lowest BCUT2D eigenvalue weighted by molar-refractivity contribution is -0.311. The van der Waals surface area contributed by atoms with Crippen molar-refractivity contribution < 1.29 is 33.2 Å². The number of aromatic nitrogens is 3. The summed E-state index contributed by atoms with van der Waals surface area (Å²) >= 11 is 1.04. The number of carbonyl (C=O) groups is 5. The van der Waals surface area contributed by atoms with E-state index in [1.807, 2.05) is 33.9 Å². The maximum atomic E-state index is 14.1. The van der Waals surface area contributed by atoms with Gasteiger partial charge in [-0.1, -0.05) is 33.8 Å². The van der Waals surface area contributed by atoms with Crippen LogP contribution in [0.15, 0.2) is 49.7 Å². The Bertz CT molecular complexity index is 1690. The quantitative estimate of drug-likeness (QED) is 0.0773. The Kier molecular flexibility index (Phi) is 7.32. The van der Waals surface area contributed by atoms with Crippen molar-refractivity contribution in [2.75, 3.05) is 6.61 Å². The molecule has 1 saturated heterocycles. The monoisotopic (exact) mass is 622 g/mol. The Balaban J connectivity index is 1.55. The van der Waals surface area contributed by atoms with Gasteiger partial charge in [-0.25, -0.2) is 10.0 Å². The number of hydrogen-bond acceptors (Lipinski definition) is 10. The van der Waals surface area contributed by atoms with Crippen molar-refractivity contribution >= 4 is 53.5 Å². The first kappa shape index (κ1) is 30.8. The average molecular weight is 623 g/mol. The Morgan fingerprint density at radius 2 is 1.88 bits per heavy atom. The van der Waals surface area contributed by atoms with Gasteiger partial charge in [0.1, 0.15) is 16.9 Å². The molecule has 3 aromatic heterocycles. The molecule has 4 heterocycles. The van der Waals surface area contributed by atoms with E-state index in [1.54, 1.807) is 29.7 Å². The van der Waals surface area contributed by atoms with Gasteiger partial charge >= 0.3 is 0 Å². The highest BCUT2D eigenvalue weighted by Gasteiger charge is 2.93. The van der Waals surface area contributed by atoms with Gasteiger partial charge in [0, 0.05) is 24.2 Å². The van der Waals surface area contributed by atoms with E-state index in [1.165, 1.54) is 31.7 Å². The second-order valence-corrected chi connectivity index (χ2v) is 18.3. The van der Waals surface area contributed by atoms with Gasteiger partial charge in [0.2, 0.25) is 17.3 Å². The number of fused-ring (bicyclic) bond motifs is 2. The third-order valence-corrected chi connectivity index (χ3v) is 14.9. The van der Waals surface area contributed by atoms with Crippen LogP contribution in [0.1, 0.15) is 60.3 Å². The van der Waals surface area contributed by atoms with Crippen molar-refractivity contribution in [2.24, 2.45) is 11.3 Å². The SMILES string of the molecule is C=CCON1C(=O)[C@@]2([C@@H](C)O[Si](C)(C)C(C)(C)C)C(=O)C(=O)[C@]12[C@@H](C)C(=O)c1cn2cnc(C(=O)c3cccnc3)c2s1. The van der Waals surface area contributed by atoms with Crippen LogP contribution in [0.2, 0.25) is 18.1 Å². The summed E-state index contributed by atoms with van der Waals surface area (Å²) in [6.07, 6.45) is 6.37. The number of piperidine rings is 1. The molecule has 0 radical (unpaired) electrons. The molecule has 43 heavy (non-hydrogen) atoms. The van der Waals surface area contributed by atoms with Gasteiger partial charge in [-0.05, 0) is 37.2 Å². The number of amides is 1. The van der Waals surface area contributed by atoms with Gasteiger partial charge < -0.3 is 4.43 Å². The van der Waals surface area contributed by atoms with E-state index in [9.17, 15) is 24.0 Å². The Morgan fingerprint density at radius 3 is 2.49 bits per heavy atom. The van der Waals surface area contributed by atoms with E-state index in [0.29, 0.717) is 10.4 Å². The number of rotatable bonds is 11. The minimum Gasteiger partial charge on any atom is -0.413 e. The second kappa shape index (κ2) is 10.2. The summed E-state index contributed by atoms with van der Waals surface area (Å²) in [5.41, 5.74) is -3.30. The molecule has 0 bridgehead atoms. The zero-order chi connectivity index (χ0) is 31.7. The van der Waals surface area contributed by atoms with Gasteiger partial charge in [-0.3, -0.25) is 38.2 Å². The molecule has 2 aliphatic rings. The van der Waals surface area contributed by atoms with Crippen molar-refractivity contribution in [3.8, 4) is 0 Å². The summed E-state index contributed by atoms with van der Waals surface area (Å²) in [5.74, 6) is -4.49. The molecular formula is C30H34N4O7SSi. The van der Waals surface area contributed by atoms with Crippen LogP contribution in [0.3, 0.4) is 0 Å². The van der Waals surface area contributed by atoms with Gasteiger partial charge in [-0.2, -0.15) is 0 Å². The Morgan fingerprint density at radius 1 is 1.19 bits per heavy atom. The molecule has 1 aliphatic heterocycles. The standard InChI is InChI=1S/C30H34N4O7SSi/c1-9-13-40-34-27(39)29(18(3)41-43(7,8)28(4,5)6)24(37)25(38)30(29,34)17(2)22(35)20-15-33-16-32-21(26(33)42-20)23(36)19-11-10-12-31-14-19/h9-12,14-18H,1,13H2,2-8H3/t17-,18+,29+,30-/m0/s1. The number of nitrogens with zero attached hydrogens (tertiary/aromatic N) is 4. The molecular weight excluding hydrogens is 589 g/mol. The number of hydroxylamine groups is 2. The van der Waals surface area contributed by atoms with E-state index in [4.69, 9.17) is 9.26 Å². The molecule has 1 amide bonds. The topological polar surface area (TPSA) is 137 Å². The number of carbonyl (C=O) groups excluding carboxylic acids is 5. The summed E-state index contributed by atoms with van der Waals surface area (Å²) in [6, 6.07) is 3.27. The first-order valence-corrected chi connectivity index (χ1v) is 17.6. The molecule has 0 N–H and O–H groups in total. The zero-order valence-electron chi connectivity index (χ0n) is 25.2. The fraction of sp³-hybridized carbons (Fsp3) is 0.433. The van der Waals surface area contributed by atoms with E-state index < -0.39 is 54.6 Å². The van der Waals surface area contributed by atoms with Gasteiger partial charge in [0.25, 0.3) is 5.91 Å². The molecule has 226 valence electrons. The predicted octanol–water partition coefficient (Wildman–Crippen LogP) is 4.09. The Hall–Kier alpha value is -3.65. The number of hydrogen-bond donors (Lipinski definition) is 0. The first-order valence-electron chi connectivity index (χ1n) is 13.9. The van der Waals surface area contributed by atoms with Crippen LogP contribution in [-0.2, 0) is 23.6 Å². The molecule has 2 fully saturated rings. The molecule has 0 spiro atoms. The summed E-state index contributed by atoms with van der Waals surface area (Å²) in [5, 5.41) is 0.633. The van der Waals surface area contributed by atoms with Crippen LogP contribution in [0.4, 0.5) is 0 Å². The van der Waals surface area contributed by atoms with Crippen LogP contribution < -0.4 is 0 Å². The van der Waals surface area contributed by atoms with E-state index >= 15 is 0 Å². The largest absolute Gasteiger partial charge is 0.413 e. The summed E-state index contributed by atoms with van der Waals surface area (Å²) in [4.78, 5) is 82.7. The van der Waals surface area contributed by atoms with Gasteiger partial charge in [0.05, 0.1) is 23.5 Å². The molecule has 11 nitrogen and oxygen atoms in total. The van der Waals surface area contributed by atoms with Crippen LogP contribution in [0, 0.1) is 11.3 Å². The van der Waals surface area contributed by atoms with Crippen molar-refractivity contribution in [1.29, 1.82) is 0 Å². The predicted molar refractivity (Wildman–Crippen MR) is 160 cm³/mol. The zero-order valence-corrected chi connectivity index (χ0v) is 27.0. The van der Waals surface area contributed by atoms with E-state index in [0.717, 1.165) is 16.4 Å². The Labute approximate surface area is 254 Å². The highest BCUT2D eigenvalue weighted by atomic mass is 32.1. The first-order chi connectivity index (χ1) is 20.1. The normalized spacial score (nSPS) is 23.4. The number of β-lactam (4-membered cyclic amide) rings is 1. The average Bonchev–Trinajstić information content (AvgIpc) is 3.55. The van der Waals surface area contributed by atoms with Crippen molar-refractivity contribution in [3.05, 3.63) is 65.8 Å². The number of pyridine rings is 1. The maximum absolute atomic E-state index is 14.1. The van der Waals surface area contributed by atoms with Gasteiger partial charge in [0.15, 0.2) is 25.1 Å². The highest BCUT2D eigenvalue weighted by Crippen LogP contribution is 2.65. The summed E-state index contributed by atoms with van der Waals surface area (Å²) in [6.45, 7) is 16.7. The molecule has 13 heteroatoms. The molecule has 5 rings (SSSR count). The van der Waals surface area contributed by atoms with Crippen molar-refractivity contribution in [2.45, 2.75) is 64.4 Å². The summed E-state index contributed by atoms with van der Waals surface area (Å²) < 4.78 is 8.10. The molecule has 1 aliphatic carbocycles. The fourth-order valence-corrected chi connectivity index (χ4v) is 8.42. The maximum Gasteiger partial charge on any atom is 0.267 e. The third-order valence-electron chi connectivity index (χ3n) is 9.18. The van der Waals surface area contributed by atoms with Crippen LogP contribution in [-0.4, -0.2) is 75.0 Å². The van der Waals surface area contributed by atoms with Crippen LogP contribution in [0.25, 0.3) is 4.83 Å². The second-order valence-electron chi connectivity index (χ2n) is 12.5. The number of imidazole rings is 1. The van der Waals surface area contributed by atoms with Gasteiger partial charge in [-0.15, -0.1) is 17.9 Å². The van der Waals surface area contributed by atoms with E-state index in [2.05, 4.69) is 16.5 Å². The van der Waals surface area contributed by atoms with Crippen LogP contribution >= 0.6 is 11.3 Å². The lowest BCUT2D eigenvalue weighted by Gasteiger charge is -2.70.